The summed E-state index contributed by atoms with van der Waals surface area (Å²) in [6.07, 6.45) is 1.02. The van der Waals surface area contributed by atoms with E-state index in [0.717, 1.165) is 19.5 Å². The van der Waals surface area contributed by atoms with E-state index in [1.54, 1.807) is 0 Å². The molecule has 0 spiro atoms. The van der Waals surface area contributed by atoms with E-state index in [-0.39, 0.29) is 5.97 Å². The third-order valence-electron chi connectivity index (χ3n) is 2.39. The van der Waals surface area contributed by atoms with Crippen molar-refractivity contribution < 1.29 is 14.3 Å². The number of benzene rings is 1. The molecule has 1 N–H and O–H groups in total. The van der Waals surface area contributed by atoms with Crippen molar-refractivity contribution in [1.29, 1.82) is 0 Å². The first-order valence-corrected chi connectivity index (χ1v) is 6.25. The van der Waals surface area contributed by atoms with Gasteiger partial charge in [0.2, 0.25) is 0 Å². The average molecular weight is 251 g/mol. The fourth-order valence-corrected chi connectivity index (χ4v) is 1.49. The Bertz CT molecular complexity index is 327. The summed E-state index contributed by atoms with van der Waals surface area (Å²) in [7, 11) is 0. The highest BCUT2D eigenvalue weighted by atomic mass is 16.6. The van der Waals surface area contributed by atoms with Crippen molar-refractivity contribution in [3.05, 3.63) is 35.9 Å². The fraction of sp³-hybridized carbons (Fsp3) is 0.500. The Labute approximate surface area is 108 Å². The van der Waals surface area contributed by atoms with Crippen LogP contribution in [0.1, 0.15) is 12.5 Å². The molecule has 0 aliphatic heterocycles. The molecule has 100 valence electrons. The van der Waals surface area contributed by atoms with E-state index >= 15 is 0 Å². The van der Waals surface area contributed by atoms with Gasteiger partial charge in [-0.1, -0.05) is 30.3 Å². The second-order valence-corrected chi connectivity index (χ2v) is 3.94. The summed E-state index contributed by atoms with van der Waals surface area (Å²) >= 11 is 0. The average Bonchev–Trinajstić information content (AvgIpc) is 2.37. The smallest absolute Gasteiger partial charge is 0.302 e. The molecule has 0 radical (unpaired) electrons. The summed E-state index contributed by atoms with van der Waals surface area (Å²) in [5.41, 5.74) is 1.33. The van der Waals surface area contributed by atoms with Gasteiger partial charge in [-0.05, 0) is 18.5 Å². The van der Waals surface area contributed by atoms with E-state index in [4.69, 9.17) is 9.47 Å². The summed E-state index contributed by atoms with van der Waals surface area (Å²) in [5.74, 6) is -0.264. The number of hydrogen-bond donors (Lipinski definition) is 1. The molecule has 0 aromatic heterocycles. The lowest BCUT2D eigenvalue weighted by atomic mass is 10.1. The molecule has 0 aliphatic rings. The SMILES string of the molecule is CC(=O)OCCOCCNCCc1ccccc1. The minimum atomic E-state index is -0.264. The molecule has 0 amide bonds. The molecule has 0 fully saturated rings. The lowest BCUT2D eigenvalue weighted by molar-refractivity contribution is -0.142. The Hall–Kier alpha value is -1.39. The molecule has 0 bridgehead atoms. The predicted octanol–water partition coefficient (Wildman–Crippen LogP) is 1.40. The molecule has 4 heteroatoms. The predicted molar refractivity (Wildman–Crippen MR) is 70.5 cm³/mol. The van der Waals surface area contributed by atoms with Crippen LogP contribution in [0.2, 0.25) is 0 Å². The van der Waals surface area contributed by atoms with Crippen LogP contribution in [0, 0.1) is 0 Å². The van der Waals surface area contributed by atoms with E-state index in [9.17, 15) is 4.79 Å². The molecule has 0 aliphatic carbocycles. The standard InChI is InChI=1S/C14H21NO3/c1-13(16)18-12-11-17-10-9-15-8-7-14-5-3-2-4-6-14/h2-6,15H,7-12H2,1H3. The van der Waals surface area contributed by atoms with Gasteiger partial charge in [0.05, 0.1) is 13.2 Å². The summed E-state index contributed by atoms with van der Waals surface area (Å²) < 4.78 is 10.0. The number of carbonyl (C=O) groups is 1. The largest absolute Gasteiger partial charge is 0.463 e. The van der Waals surface area contributed by atoms with Crippen molar-refractivity contribution >= 4 is 5.97 Å². The summed E-state index contributed by atoms with van der Waals surface area (Å²) in [4.78, 5) is 10.5. The molecule has 0 heterocycles. The summed E-state index contributed by atoms with van der Waals surface area (Å²) in [6.45, 7) is 4.57. The normalized spacial score (nSPS) is 10.3. The van der Waals surface area contributed by atoms with Gasteiger partial charge in [0.1, 0.15) is 6.61 Å². The summed E-state index contributed by atoms with van der Waals surface area (Å²) in [5, 5.41) is 3.30. The monoisotopic (exact) mass is 251 g/mol. The van der Waals surface area contributed by atoms with E-state index < -0.39 is 0 Å². The van der Waals surface area contributed by atoms with Gasteiger partial charge < -0.3 is 14.8 Å². The second-order valence-electron chi connectivity index (χ2n) is 3.94. The van der Waals surface area contributed by atoms with Crippen molar-refractivity contribution in [1.82, 2.24) is 5.32 Å². The molecule has 1 rings (SSSR count). The topological polar surface area (TPSA) is 47.6 Å². The van der Waals surface area contributed by atoms with Gasteiger partial charge in [0.25, 0.3) is 0 Å². The quantitative estimate of drug-likeness (QED) is 0.532. The first kappa shape index (κ1) is 14.7. The number of esters is 1. The van der Waals surface area contributed by atoms with Crippen molar-refractivity contribution in [3.63, 3.8) is 0 Å². The van der Waals surface area contributed by atoms with Crippen LogP contribution in [0.15, 0.2) is 30.3 Å². The van der Waals surface area contributed by atoms with Crippen LogP contribution in [0.3, 0.4) is 0 Å². The Morgan fingerprint density at radius 3 is 2.61 bits per heavy atom. The second kappa shape index (κ2) is 9.62. The van der Waals surface area contributed by atoms with Gasteiger partial charge in [-0.3, -0.25) is 4.79 Å². The Morgan fingerprint density at radius 2 is 1.89 bits per heavy atom. The van der Waals surface area contributed by atoms with Crippen LogP contribution in [0.5, 0.6) is 0 Å². The maximum Gasteiger partial charge on any atom is 0.302 e. The number of carbonyl (C=O) groups excluding carboxylic acids is 1. The van der Waals surface area contributed by atoms with Gasteiger partial charge >= 0.3 is 5.97 Å². The molecule has 0 unspecified atom stereocenters. The zero-order chi connectivity index (χ0) is 13.1. The lowest BCUT2D eigenvalue weighted by Gasteiger charge is -2.06. The highest BCUT2D eigenvalue weighted by Gasteiger charge is 1.94. The van der Waals surface area contributed by atoms with Crippen LogP contribution in [0.25, 0.3) is 0 Å². The first-order chi connectivity index (χ1) is 8.79. The van der Waals surface area contributed by atoms with Crippen LogP contribution < -0.4 is 5.32 Å². The zero-order valence-corrected chi connectivity index (χ0v) is 10.9. The van der Waals surface area contributed by atoms with E-state index in [0.29, 0.717) is 19.8 Å². The Balaban J connectivity index is 1.86. The Kier molecular flexibility index (Phi) is 7.84. The number of ether oxygens (including phenoxy) is 2. The van der Waals surface area contributed by atoms with Crippen molar-refractivity contribution in [3.8, 4) is 0 Å². The molecule has 1 aromatic rings. The molecular weight excluding hydrogens is 230 g/mol. The number of rotatable bonds is 9. The summed E-state index contributed by atoms with van der Waals surface area (Å²) in [6, 6.07) is 10.4. The van der Waals surface area contributed by atoms with Crippen molar-refractivity contribution in [2.45, 2.75) is 13.3 Å². The number of nitrogens with one attached hydrogen (secondary N) is 1. The lowest BCUT2D eigenvalue weighted by Crippen LogP contribution is -2.23. The molecular formula is C14H21NO3. The van der Waals surface area contributed by atoms with Crippen LogP contribution in [-0.4, -0.2) is 38.9 Å². The van der Waals surface area contributed by atoms with Crippen molar-refractivity contribution in [2.24, 2.45) is 0 Å². The van der Waals surface area contributed by atoms with Gasteiger partial charge in [0.15, 0.2) is 0 Å². The molecule has 0 atom stereocenters. The van der Waals surface area contributed by atoms with E-state index in [1.165, 1.54) is 12.5 Å². The third-order valence-corrected chi connectivity index (χ3v) is 2.39. The molecule has 0 saturated heterocycles. The molecule has 18 heavy (non-hydrogen) atoms. The number of hydrogen-bond acceptors (Lipinski definition) is 4. The van der Waals surface area contributed by atoms with Gasteiger partial charge in [-0.2, -0.15) is 0 Å². The van der Waals surface area contributed by atoms with Crippen LogP contribution >= 0.6 is 0 Å². The molecule has 1 aromatic carbocycles. The highest BCUT2D eigenvalue weighted by Crippen LogP contribution is 1.97. The molecule has 4 nitrogen and oxygen atoms in total. The highest BCUT2D eigenvalue weighted by molar-refractivity contribution is 5.65. The van der Waals surface area contributed by atoms with E-state index in [2.05, 4.69) is 17.4 Å². The first-order valence-electron chi connectivity index (χ1n) is 6.25. The van der Waals surface area contributed by atoms with Crippen LogP contribution in [0.4, 0.5) is 0 Å². The maximum atomic E-state index is 10.5. The van der Waals surface area contributed by atoms with Gasteiger partial charge in [-0.25, -0.2) is 0 Å². The minimum Gasteiger partial charge on any atom is -0.463 e. The third kappa shape index (κ3) is 7.81. The molecule has 0 saturated carbocycles. The van der Waals surface area contributed by atoms with Gasteiger partial charge in [0, 0.05) is 13.5 Å². The zero-order valence-electron chi connectivity index (χ0n) is 10.9. The van der Waals surface area contributed by atoms with Gasteiger partial charge in [-0.15, -0.1) is 0 Å². The maximum absolute atomic E-state index is 10.5. The van der Waals surface area contributed by atoms with E-state index in [1.807, 2.05) is 18.2 Å². The Morgan fingerprint density at radius 1 is 1.11 bits per heavy atom. The van der Waals surface area contributed by atoms with Crippen molar-refractivity contribution in [2.75, 3.05) is 32.9 Å². The minimum absolute atomic E-state index is 0.264. The fourth-order valence-electron chi connectivity index (χ4n) is 1.49. The van der Waals surface area contributed by atoms with Crippen LogP contribution in [-0.2, 0) is 20.7 Å².